The summed E-state index contributed by atoms with van der Waals surface area (Å²) in [5.74, 6) is 0. The van der Waals surface area contributed by atoms with Crippen molar-refractivity contribution in [1.29, 1.82) is 0 Å². The Morgan fingerprint density at radius 2 is 2.47 bits per heavy atom. The molecule has 0 radical (unpaired) electrons. The lowest BCUT2D eigenvalue weighted by atomic mass is 9.75. The molecular formula is C11H17N3O. The molecule has 0 spiro atoms. The van der Waals surface area contributed by atoms with Gasteiger partial charge in [0, 0.05) is 30.4 Å². The molecule has 4 heteroatoms. The second kappa shape index (κ2) is 4.26. The summed E-state index contributed by atoms with van der Waals surface area (Å²) in [7, 11) is 1.95. The predicted molar refractivity (Wildman–Crippen MR) is 58.3 cm³/mol. The maximum absolute atomic E-state index is 5.84. The maximum Gasteiger partial charge on any atom is 0.0575 e. The van der Waals surface area contributed by atoms with Gasteiger partial charge in [0.15, 0.2) is 0 Å². The van der Waals surface area contributed by atoms with Crippen LogP contribution in [-0.2, 0) is 4.74 Å². The third-order valence-corrected chi connectivity index (χ3v) is 3.10. The van der Waals surface area contributed by atoms with Gasteiger partial charge in [0.1, 0.15) is 0 Å². The van der Waals surface area contributed by atoms with Crippen LogP contribution in [0, 0.1) is 5.41 Å². The van der Waals surface area contributed by atoms with E-state index in [4.69, 9.17) is 10.5 Å². The predicted octanol–water partition coefficient (Wildman–Crippen LogP) is 0.317. The third kappa shape index (κ3) is 1.76. The number of aromatic nitrogens is 1. The molecule has 0 aliphatic carbocycles. The molecule has 0 amide bonds. The monoisotopic (exact) mass is 207 g/mol. The first-order valence-electron chi connectivity index (χ1n) is 5.17. The van der Waals surface area contributed by atoms with Gasteiger partial charge in [-0.2, -0.15) is 0 Å². The van der Waals surface area contributed by atoms with E-state index < -0.39 is 0 Å². The van der Waals surface area contributed by atoms with E-state index in [-0.39, 0.29) is 11.5 Å². The van der Waals surface area contributed by atoms with Crippen molar-refractivity contribution in [2.75, 3.05) is 26.8 Å². The van der Waals surface area contributed by atoms with Crippen LogP contribution in [0.5, 0.6) is 0 Å². The number of nitrogens with one attached hydrogen (secondary N) is 1. The number of hydrogen-bond donors (Lipinski definition) is 2. The van der Waals surface area contributed by atoms with Gasteiger partial charge in [0.2, 0.25) is 0 Å². The van der Waals surface area contributed by atoms with Crippen molar-refractivity contribution in [3.8, 4) is 0 Å². The molecule has 2 rings (SSSR count). The van der Waals surface area contributed by atoms with Crippen molar-refractivity contribution in [2.24, 2.45) is 11.1 Å². The summed E-state index contributed by atoms with van der Waals surface area (Å²) in [6, 6.07) is 4.25. The summed E-state index contributed by atoms with van der Waals surface area (Å²) in [5, 5.41) is 3.31. The van der Waals surface area contributed by atoms with Gasteiger partial charge in [-0.25, -0.2) is 0 Å². The third-order valence-electron chi connectivity index (χ3n) is 3.10. The minimum Gasteiger partial charge on any atom is -0.380 e. The Hall–Kier alpha value is -0.970. The molecular weight excluding hydrogens is 190 g/mol. The molecule has 2 heterocycles. The number of rotatable bonds is 4. The van der Waals surface area contributed by atoms with Gasteiger partial charge in [-0.15, -0.1) is 0 Å². The largest absolute Gasteiger partial charge is 0.380 e. The molecule has 1 aromatic rings. The highest BCUT2D eigenvalue weighted by atomic mass is 16.5. The summed E-state index contributed by atoms with van der Waals surface area (Å²) in [4.78, 5) is 4.14. The molecule has 0 bridgehead atoms. The van der Waals surface area contributed by atoms with Crippen LogP contribution in [-0.4, -0.2) is 31.8 Å². The Labute approximate surface area is 89.8 Å². The van der Waals surface area contributed by atoms with Crippen LogP contribution in [0.25, 0.3) is 0 Å². The zero-order chi connectivity index (χ0) is 10.7. The zero-order valence-corrected chi connectivity index (χ0v) is 8.94. The minimum absolute atomic E-state index is 0.0395. The van der Waals surface area contributed by atoms with E-state index in [9.17, 15) is 0 Å². The highest BCUT2D eigenvalue weighted by molar-refractivity contribution is 5.19. The van der Waals surface area contributed by atoms with E-state index in [1.807, 2.05) is 19.3 Å². The van der Waals surface area contributed by atoms with E-state index in [0.29, 0.717) is 6.54 Å². The van der Waals surface area contributed by atoms with E-state index in [0.717, 1.165) is 13.2 Å². The van der Waals surface area contributed by atoms with Crippen LogP contribution in [0.1, 0.15) is 11.6 Å². The highest BCUT2D eigenvalue weighted by Gasteiger charge is 2.44. The first kappa shape index (κ1) is 10.5. The van der Waals surface area contributed by atoms with Gasteiger partial charge in [0.25, 0.3) is 0 Å². The van der Waals surface area contributed by atoms with E-state index >= 15 is 0 Å². The van der Waals surface area contributed by atoms with Gasteiger partial charge < -0.3 is 15.8 Å². The summed E-state index contributed by atoms with van der Waals surface area (Å²) < 4.78 is 5.29. The first-order chi connectivity index (χ1) is 7.32. The van der Waals surface area contributed by atoms with Crippen LogP contribution >= 0.6 is 0 Å². The normalized spacial score (nSPS) is 20.7. The van der Waals surface area contributed by atoms with Gasteiger partial charge in [-0.05, 0) is 18.7 Å². The van der Waals surface area contributed by atoms with E-state index in [2.05, 4.69) is 16.4 Å². The van der Waals surface area contributed by atoms with Gasteiger partial charge in [-0.1, -0.05) is 6.07 Å². The smallest absolute Gasteiger partial charge is 0.0575 e. The van der Waals surface area contributed by atoms with Crippen molar-refractivity contribution in [3.05, 3.63) is 30.1 Å². The molecule has 1 fully saturated rings. The number of pyridine rings is 1. The lowest BCUT2D eigenvalue weighted by molar-refractivity contribution is -0.126. The van der Waals surface area contributed by atoms with E-state index in [1.54, 1.807) is 6.20 Å². The first-order valence-corrected chi connectivity index (χ1v) is 5.17. The molecule has 3 N–H and O–H groups in total. The van der Waals surface area contributed by atoms with Gasteiger partial charge in [0.05, 0.1) is 13.2 Å². The van der Waals surface area contributed by atoms with Crippen LogP contribution in [0.2, 0.25) is 0 Å². The number of hydrogen-bond acceptors (Lipinski definition) is 4. The standard InChI is InChI=1S/C11H17N3O/c1-13-10(9-3-2-4-14-5-9)11(6-12)7-15-8-11/h2-5,10,13H,6-8,12H2,1H3. The Morgan fingerprint density at radius 3 is 2.87 bits per heavy atom. The van der Waals surface area contributed by atoms with Gasteiger partial charge >= 0.3 is 0 Å². The van der Waals surface area contributed by atoms with Crippen LogP contribution in [0.4, 0.5) is 0 Å². The van der Waals surface area contributed by atoms with Crippen LogP contribution in [0.3, 0.4) is 0 Å². The quantitative estimate of drug-likeness (QED) is 0.746. The molecule has 1 aliphatic heterocycles. The summed E-state index contributed by atoms with van der Waals surface area (Å²) in [6.45, 7) is 2.08. The molecule has 0 saturated carbocycles. The molecule has 1 atom stereocenters. The van der Waals surface area contributed by atoms with Crippen molar-refractivity contribution >= 4 is 0 Å². The molecule has 82 valence electrons. The molecule has 0 aromatic carbocycles. The second-order valence-corrected chi connectivity index (χ2v) is 4.07. The van der Waals surface area contributed by atoms with Crippen molar-refractivity contribution < 1.29 is 4.74 Å². The zero-order valence-electron chi connectivity index (χ0n) is 8.94. The fourth-order valence-corrected chi connectivity index (χ4v) is 2.14. The molecule has 4 nitrogen and oxygen atoms in total. The SMILES string of the molecule is CNC(c1cccnc1)C1(CN)COC1. The average Bonchev–Trinajstić information content (AvgIpc) is 2.24. The summed E-state index contributed by atoms with van der Waals surface area (Å²) in [5.41, 5.74) is 7.06. The molecule has 1 aromatic heterocycles. The van der Waals surface area contributed by atoms with Crippen molar-refractivity contribution in [3.63, 3.8) is 0 Å². The fourth-order valence-electron chi connectivity index (χ4n) is 2.14. The minimum atomic E-state index is 0.0395. The lowest BCUT2D eigenvalue weighted by Crippen LogP contribution is -2.55. The molecule has 1 saturated heterocycles. The lowest BCUT2D eigenvalue weighted by Gasteiger charge is -2.46. The summed E-state index contributed by atoms with van der Waals surface area (Å²) in [6.07, 6.45) is 3.67. The Morgan fingerprint density at radius 1 is 1.67 bits per heavy atom. The van der Waals surface area contributed by atoms with Crippen LogP contribution in [0.15, 0.2) is 24.5 Å². The van der Waals surface area contributed by atoms with Crippen LogP contribution < -0.4 is 11.1 Å². The molecule has 15 heavy (non-hydrogen) atoms. The second-order valence-electron chi connectivity index (χ2n) is 4.07. The molecule has 1 aliphatic rings. The number of nitrogens with two attached hydrogens (primary N) is 1. The molecule has 1 unspecified atom stereocenters. The maximum atomic E-state index is 5.84. The Bertz CT molecular complexity index is 305. The number of ether oxygens (including phenoxy) is 1. The average molecular weight is 207 g/mol. The summed E-state index contributed by atoms with van der Waals surface area (Å²) >= 11 is 0. The van der Waals surface area contributed by atoms with Crippen molar-refractivity contribution in [2.45, 2.75) is 6.04 Å². The Balaban J connectivity index is 2.24. The topological polar surface area (TPSA) is 60.2 Å². The fraction of sp³-hybridized carbons (Fsp3) is 0.545. The highest BCUT2D eigenvalue weighted by Crippen LogP contribution is 2.39. The van der Waals surface area contributed by atoms with Crippen molar-refractivity contribution in [1.82, 2.24) is 10.3 Å². The van der Waals surface area contributed by atoms with Gasteiger partial charge in [-0.3, -0.25) is 4.98 Å². The Kier molecular flexibility index (Phi) is 3.00. The van der Waals surface area contributed by atoms with E-state index in [1.165, 1.54) is 5.56 Å². The number of nitrogens with zero attached hydrogens (tertiary/aromatic N) is 1.